The number of carbonyl (C=O) groups excluding carboxylic acids is 1. The molecule has 4 rings (SSSR count). The summed E-state index contributed by atoms with van der Waals surface area (Å²) in [7, 11) is 0. The van der Waals surface area contributed by atoms with Gasteiger partial charge in [0, 0.05) is 25.8 Å². The van der Waals surface area contributed by atoms with Gasteiger partial charge in [0.05, 0.1) is 30.1 Å². The molecule has 4 heterocycles. The first-order valence-electron chi connectivity index (χ1n) is 8.46. The number of rotatable bonds is 4. The van der Waals surface area contributed by atoms with E-state index >= 15 is 0 Å². The Labute approximate surface area is 144 Å². The predicted octanol–water partition coefficient (Wildman–Crippen LogP) is 0.970. The number of amides is 1. The van der Waals surface area contributed by atoms with E-state index in [1.54, 1.807) is 21.6 Å². The molecule has 3 aromatic rings. The highest BCUT2D eigenvalue weighted by Gasteiger charge is 2.26. The average Bonchev–Trinajstić information content (AvgIpc) is 3.28. The largest absolute Gasteiger partial charge is 0.390 e. The number of carbonyl (C=O) groups is 1. The highest BCUT2D eigenvalue weighted by molar-refractivity contribution is 6.00. The molecule has 3 aromatic heterocycles. The van der Waals surface area contributed by atoms with Crippen molar-refractivity contribution in [3.63, 3.8) is 0 Å². The smallest absolute Gasteiger partial charge is 0.257 e. The number of pyridine rings is 1. The van der Waals surface area contributed by atoms with Gasteiger partial charge in [-0.3, -0.25) is 9.48 Å². The van der Waals surface area contributed by atoms with Crippen LogP contribution in [0.1, 0.15) is 28.9 Å². The summed E-state index contributed by atoms with van der Waals surface area (Å²) in [5.74, 6) is 0.355. The quantitative estimate of drug-likeness (QED) is 0.764. The zero-order chi connectivity index (χ0) is 17.2. The lowest BCUT2D eigenvalue weighted by Gasteiger charge is -2.32. The second-order valence-electron chi connectivity index (χ2n) is 6.44. The first-order valence-corrected chi connectivity index (χ1v) is 8.46. The van der Waals surface area contributed by atoms with E-state index in [9.17, 15) is 4.79 Å². The minimum Gasteiger partial charge on any atom is -0.390 e. The monoisotopic (exact) mass is 340 g/mol. The van der Waals surface area contributed by atoms with Gasteiger partial charge < -0.3 is 10.0 Å². The molecule has 25 heavy (non-hydrogen) atoms. The van der Waals surface area contributed by atoms with Crippen LogP contribution in [0.4, 0.5) is 0 Å². The van der Waals surface area contributed by atoms with Crippen molar-refractivity contribution in [2.45, 2.75) is 26.0 Å². The van der Waals surface area contributed by atoms with E-state index in [0.29, 0.717) is 30.3 Å². The zero-order valence-electron chi connectivity index (χ0n) is 13.8. The third kappa shape index (κ3) is 3.12. The molecule has 0 bridgehead atoms. The molecule has 1 aliphatic heterocycles. The molecule has 0 aliphatic carbocycles. The molecule has 0 aromatic carbocycles. The van der Waals surface area contributed by atoms with Crippen LogP contribution in [0.25, 0.3) is 5.52 Å². The molecule has 1 aliphatic rings. The first kappa shape index (κ1) is 15.8. The van der Waals surface area contributed by atoms with Crippen molar-refractivity contribution < 1.29 is 9.90 Å². The Morgan fingerprint density at radius 3 is 3.12 bits per heavy atom. The van der Waals surface area contributed by atoms with Crippen molar-refractivity contribution in [3.05, 3.63) is 48.0 Å². The van der Waals surface area contributed by atoms with Gasteiger partial charge in [-0.2, -0.15) is 5.10 Å². The number of piperidine rings is 1. The summed E-state index contributed by atoms with van der Waals surface area (Å²) in [4.78, 5) is 14.8. The Morgan fingerprint density at radius 2 is 2.28 bits per heavy atom. The molecule has 130 valence electrons. The predicted molar refractivity (Wildman–Crippen MR) is 89.8 cm³/mol. The topological polar surface area (TPSA) is 88.6 Å². The summed E-state index contributed by atoms with van der Waals surface area (Å²) in [5.41, 5.74) is 2.04. The molecule has 1 atom stereocenters. The second-order valence-corrected chi connectivity index (χ2v) is 6.44. The lowest BCUT2D eigenvalue weighted by Crippen LogP contribution is -2.41. The Hall–Kier alpha value is -2.74. The van der Waals surface area contributed by atoms with Gasteiger partial charge in [0.2, 0.25) is 0 Å². The Kier molecular flexibility index (Phi) is 4.19. The van der Waals surface area contributed by atoms with Crippen LogP contribution in [-0.4, -0.2) is 53.6 Å². The van der Waals surface area contributed by atoms with Gasteiger partial charge in [0.1, 0.15) is 5.69 Å². The maximum Gasteiger partial charge on any atom is 0.257 e. The number of hydrogen-bond donors (Lipinski definition) is 1. The minimum atomic E-state index is -0.107. The summed E-state index contributed by atoms with van der Waals surface area (Å²) in [6.45, 7) is 2.05. The molecule has 0 spiro atoms. The molecule has 0 saturated carbocycles. The molecule has 8 heteroatoms. The lowest BCUT2D eigenvalue weighted by molar-refractivity contribution is 0.0661. The summed E-state index contributed by atoms with van der Waals surface area (Å²) < 4.78 is 3.47. The zero-order valence-corrected chi connectivity index (χ0v) is 13.8. The molecular formula is C17H20N6O2. The van der Waals surface area contributed by atoms with Gasteiger partial charge in [0.25, 0.3) is 5.91 Å². The van der Waals surface area contributed by atoms with Crippen LogP contribution in [0, 0.1) is 5.92 Å². The van der Waals surface area contributed by atoms with Crippen molar-refractivity contribution in [2.75, 3.05) is 13.1 Å². The number of fused-ring (bicyclic) bond motifs is 1. The standard InChI is InChI=1S/C17H20N6O2/c24-12-14-11-22(20-19-14)10-13-4-3-6-21(9-13)17(25)15-8-18-23-7-2-1-5-16(15)23/h1-2,5,7-8,11,13,24H,3-4,6,9-10,12H2/t13-/m1/s1. The summed E-state index contributed by atoms with van der Waals surface area (Å²) in [6.07, 6.45) is 7.26. The van der Waals surface area contributed by atoms with Gasteiger partial charge in [-0.25, -0.2) is 4.52 Å². The third-order valence-electron chi connectivity index (χ3n) is 4.66. The number of likely N-dealkylation sites (tertiary alicyclic amines) is 1. The molecule has 1 N–H and O–H groups in total. The molecular weight excluding hydrogens is 320 g/mol. The average molecular weight is 340 g/mol. The Bertz CT molecular complexity index is 886. The van der Waals surface area contributed by atoms with Crippen LogP contribution in [0.2, 0.25) is 0 Å². The van der Waals surface area contributed by atoms with Gasteiger partial charge in [-0.05, 0) is 30.9 Å². The Morgan fingerprint density at radius 1 is 1.36 bits per heavy atom. The van der Waals surface area contributed by atoms with Crippen molar-refractivity contribution in [1.82, 2.24) is 29.5 Å². The second kappa shape index (κ2) is 6.64. The third-order valence-corrected chi connectivity index (χ3v) is 4.66. The van der Waals surface area contributed by atoms with Crippen LogP contribution < -0.4 is 0 Å². The minimum absolute atomic E-state index is 0.0283. The van der Waals surface area contributed by atoms with Crippen molar-refractivity contribution in [1.29, 1.82) is 0 Å². The van der Waals surface area contributed by atoms with Crippen molar-refractivity contribution in [2.24, 2.45) is 5.92 Å². The Balaban J connectivity index is 1.47. The van der Waals surface area contributed by atoms with Gasteiger partial charge in [-0.1, -0.05) is 11.3 Å². The number of hydrogen-bond acceptors (Lipinski definition) is 5. The molecule has 1 amide bonds. The molecule has 1 fully saturated rings. The van der Waals surface area contributed by atoms with Crippen LogP contribution >= 0.6 is 0 Å². The van der Waals surface area contributed by atoms with Crippen LogP contribution in [-0.2, 0) is 13.2 Å². The van der Waals surface area contributed by atoms with Crippen molar-refractivity contribution >= 4 is 11.4 Å². The van der Waals surface area contributed by atoms with E-state index in [4.69, 9.17) is 5.11 Å². The van der Waals surface area contributed by atoms with E-state index < -0.39 is 0 Å². The number of aliphatic hydroxyl groups excluding tert-OH is 1. The van der Waals surface area contributed by atoms with Crippen LogP contribution in [0.3, 0.4) is 0 Å². The van der Waals surface area contributed by atoms with E-state index in [1.807, 2.05) is 29.3 Å². The molecule has 1 saturated heterocycles. The number of aromatic nitrogens is 5. The number of nitrogens with zero attached hydrogens (tertiary/aromatic N) is 6. The maximum atomic E-state index is 12.9. The SMILES string of the molecule is O=C(c1cnn2ccccc12)N1CCC[C@@H](Cn2cc(CO)nn2)C1. The van der Waals surface area contributed by atoms with Crippen LogP contribution in [0.5, 0.6) is 0 Å². The lowest BCUT2D eigenvalue weighted by atomic mass is 9.97. The van der Waals surface area contributed by atoms with E-state index in [-0.39, 0.29) is 12.5 Å². The highest BCUT2D eigenvalue weighted by Crippen LogP contribution is 2.21. The molecule has 0 unspecified atom stereocenters. The van der Waals surface area contributed by atoms with Gasteiger partial charge in [0.15, 0.2) is 0 Å². The fourth-order valence-corrected chi connectivity index (χ4v) is 3.43. The fraction of sp³-hybridized carbons (Fsp3) is 0.412. The normalized spacial score (nSPS) is 18.0. The van der Waals surface area contributed by atoms with E-state index in [0.717, 1.165) is 24.9 Å². The van der Waals surface area contributed by atoms with E-state index in [2.05, 4.69) is 15.4 Å². The highest BCUT2D eigenvalue weighted by atomic mass is 16.3. The maximum absolute atomic E-state index is 12.9. The summed E-state index contributed by atoms with van der Waals surface area (Å²) in [6, 6.07) is 5.72. The number of aliphatic hydroxyl groups is 1. The first-order chi connectivity index (χ1) is 12.2. The van der Waals surface area contributed by atoms with Gasteiger partial charge in [-0.15, -0.1) is 5.10 Å². The van der Waals surface area contributed by atoms with Crippen molar-refractivity contribution in [3.8, 4) is 0 Å². The van der Waals surface area contributed by atoms with Gasteiger partial charge >= 0.3 is 0 Å². The summed E-state index contributed by atoms with van der Waals surface area (Å²) >= 11 is 0. The summed E-state index contributed by atoms with van der Waals surface area (Å²) in [5, 5.41) is 21.3. The fourth-order valence-electron chi connectivity index (χ4n) is 3.43. The van der Waals surface area contributed by atoms with Crippen LogP contribution in [0.15, 0.2) is 36.8 Å². The molecule has 8 nitrogen and oxygen atoms in total. The van der Waals surface area contributed by atoms with E-state index in [1.165, 1.54) is 0 Å². The molecule has 0 radical (unpaired) electrons.